The second-order valence-electron chi connectivity index (χ2n) is 11.6. The van der Waals surface area contributed by atoms with Crippen molar-refractivity contribution in [2.24, 2.45) is 0 Å². The predicted molar refractivity (Wildman–Crippen MR) is 151 cm³/mol. The maximum Gasteiger partial charge on any atom is 0.357 e. The van der Waals surface area contributed by atoms with Crippen molar-refractivity contribution in [3.8, 4) is 11.5 Å². The number of nitrogens with zero attached hydrogens (tertiary/aromatic N) is 1. The van der Waals surface area contributed by atoms with E-state index in [1.54, 1.807) is 36.4 Å². The number of aliphatic carboxylic acids is 1. The minimum atomic E-state index is -1.77. The number of methoxy groups -OCH3 is 1. The Hall–Kier alpha value is -4.42. The SMILES string of the molecule is COc1ccc2c3c1O[C@@H]1C(OC(=O)[C@@H](OC(=O)[C@H](CC(=O)O)OC(C)=O)c4ccccc4)=CC[C@]4(O)[C@H](C2)N(C)CC[C@@]314. The van der Waals surface area contributed by atoms with Gasteiger partial charge in [0.25, 0.3) is 0 Å². The number of carboxylic acids is 1. The fourth-order valence-electron chi connectivity index (χ4n) is 7.36. The van der Waals surface area contributed by atoms with Crippen molar-refractivity contribution >= 4 is 23.9 Å². The molecular formula is C32H33NO11. The molecule has 6 atom stereocenters. The molecule has 2 bridgehead atoms. The van der Waals surface area contributed by atoms with E-state index in [-0.39, 0.29) is 23.8 Å². The summed E-state index contributed by atoms with van der Waals surface area (Å²) in [7, 11) is 3.53. The second kappa shape index (κ2) is 10.9. The lowest BCUT2D eigenvalue weighted by Gasteiger charge is -2.61. The van der Waals surface area contributed by atoms with Crippen molar-refractivity contribution in [2.75, 3.05) is 20.7 Å². The highest BCUT2D eigenvalue weighted by Crippen LogP contribution is 2.65. The molecule has 1 spiro atoms. The number of piperidine rings is 1. The smallest absolute Gasteiger partial charge is 0.357 e. The summed E-state index contributed by atoms with van der Waals surface area (Å²) in [6.07, 6.45) is -2.15. The number of aliphatic hydroxyl groups is 1. The van der Waals surface area contributed by atoms with Crippen molar-refractivity contribution in [3.63, 3.8) is 0 Å². The molecule has 2 aromatic rings. The molecule has 0 unspecified atom stereocenters. The summed E-state index contributed by atoms with van der Waals surface area (Å²) >= 11 is 0. The minimum absolute atomic E-state index is 0.160. The molecular weight excluding hydrogens is 574 g/mol. The lowest BCUT2D eigenvalue weighted by molar-refractivity contribution is -0.183. The van der Waals surface area contributed by atoms with Crippen LogP contribution in [-0.2, 0) is 45.2 Å². The molecule has 2 heterocycles. The van der Waals surface area contributed by atoms with E-state index in [0.29, 0.717) is 30.9 Å². The van der Waals surface area contributed by atoms with Crippen molar-refractivity contribution < 1.29 is 53.1 Å². The maximum absolute atomic E-state index is 13.8. The van der Waals surface area contributed by atoms with Crippen LogP contribution in [0.3, 0.4) is 0 Å². The van der Waals surface area contributed by atoms with Crippen LogP contribution in [0.2, 0.25) is 0 Å². The van der Waals surface area contributed by atoms with Gasteiger partial charge in [0.2, 0.25) is 12.2 Å². The Labute approximate surface area is 253 Å². The highest BCUT2D eigenvalue weighted by molar-refractivity contribution is 5.87. The van der Waals surface area contributed by atoms with Crippen LogP contribution in [0.1, 0.15) is 49.0 Å². The van der Waals surface area contributed by atoms with E-state index in [4.69, 9.17) is 23.7 Å². The topological polar surface area (TPSA) is 158 Å². The molecule has 0 saturated carbocycles. The number of benzene rings is 2. The van der Waals surface area contributed by atoms with Crippen molar-refractivity contribution in [1.29, 1.82) is 0 Å². The lowest BCUT2D eigenvalue weighted by Crippen LogP contribution is -2.74. The highest BCUT2D eigenvalue weighted by atomic mass is 16.6. The molecule has 6 rings (SSSR count). The average Bonchev–Trinajstić information content (AvgIpc) is 3.34. The molecule has 12 nitrogen and oxygen atoms in total. The Balaban J connectivity index is 1.35. The molecule has 4 aliphatic rings. The summed E-state index contributed by atoms with van der Waals surface area (Å²) in [5, 5.41) is 21.6. The van der Waals surface area contributed by atoms with Crippen molar-refractivity contribution in [2.45, 2.75) is 68.0 Å². The van der Waals surface area contributed by atoms with Gasteiger partial charge in [-0.3, -0.25) is 9.59 Å². The Morgan fingerprint density at radius 3 is 2.52 bits per heavy atom. The number of likely N-dealkylation sites (N-methyl/N-ethyl adjacent to an activating group) is 1. The second-order valence-corrected chi connectivity index (χ2v) is 11.6. The zero-order chi connectivity index (χ0) is 31.4. The van der Waals surface area contributed by atoms with Gasteiger partial charge in [-0.05, 0) is 44.1 Å². The molecule has 2 aliphatic heterocycles. The van der Waals surface area contributed by atoms with Crippen LogP contribution in [0.15, 0.2) is 54.3 Å². The van der Waals surface area contributed by atoms with Gasteiger partial charge in [-0.15, -0.1) is 0 Å². The number of carbonyl (C=O) groups excluding carboxylic acids is 3. The van der Waals surface area contributed by atoms with Crippen molar-refractivity contribution in [1.82, 2.24) is 4.90 Å². The first-order valence-corrected chi connectivity index (χ1v) is 14.4. The Bertz CT molecular complexity index is 1540. The summed E-state index contributed by atoms with van der Waals surface area (Å²) in [5.41, 5.74) is 0.00468. The molecule has 2 N–H and O–H groups in total. The number of likely N-dealkylation sites (tertiary alicyclic amines) is 1. The number of hydrogen-bond acceptors (Lipinski definition) is 11. The fraction of sp³-hybridized carbons (Fsp3) is 0.438. The zero-order valence-electron chi connectivity index (χ0n) is 24.5. The van der Waals surface area contributed by atoms with E-state index in [2.05, 4.69) is 4.90 Å². The van der Waals surface area contributed by atoms with Gasteiger partial charge in [0, 0.05) is 30.5 Å². The first-order valence-electron chi connectivity index (χ1n) is 14.4. The number of hydrogen-bond donors (Lipinski definition) is 2. The first kappa shape index (κ1) is 29.6. The van der Waals surface area contributed by atoms with Crippen LogP contribution in [0, 0.1) is 0 Å². The van der Waals surface area contributed by atoms with E-state index in [0.717, 1.165) is 18.1 Å². The Morgan fingerprint density at radius 1 is 1.09 bits per heavy atom. The van der Waals surface area contributed by atoms with Gasteiger partial charge >= 0.3 is 23.9 Å². The third-order valence-electron chi connectivity index (χ3n) is 9.26. The van der Waals surface area contributed by atoms with Gasteiger partial charge in [0.1, 0.15) is 5.76 Å². The summed E-state index contributed by atoms with van der Waals surface area (Å²) in [6, 6.07) is 11.7. The highest BCUT2D eigenvalue weighted by Gasteiger charge is 2.72. The van der Waals surface area contributed by atoms with Crippen LogP contribution in [-0.4, -0.2) is 83.5 Å². The number of carbonyl (C=O) groups is 4. The average molecular weight is 608 g/mol. The molecule has 2 aromatic carbocycles. The van der Waals surface area contributed by atoms with Gasteiger partial charge in [-0.1, -0.05) is 36.4 Å². The molecule has 1 fully saturated rings. The van der Waals surface area contributed by atoms with Gasteiger partial charge in [0.05, 0.1) is 24.5 Å². The van der Waals surface area contributed by atoms with Gasteiger partial charge in [-0.2, -0.15) is 0 Å². The monoisotopic (exact) mass is 607 g/mol. The molecule has 0 amide bonds. The number of carboxylic acid groups (broad SMARTS) is 1. The summed E-state index contributed by atoms with van der Waals surface area (Å²) in [4.78, 5) is 51.9. The maximum atomic E-state index is 13.8. The van der Waals surface area contributed by atoms with Crippen molar-refractivity contribution in [3.05, 3.63) is 71.0 Å². The fourth-order valence-corrected chi connectivity index (χ4v) is 7.36. The Kier molecular flexibility index (Phi) is 7.37. The van der Waals surface area contributed by atoms with E-state index in [1.807, 2.05) is 19.2 Å². The summed E-state index contributed by atoms with van der Waals surface area (Å²) < 4.78 is 28.5. The van der Waals surface area contributed by atoms with Gasteiger partial charge < -0.3 is 38.8 Å². The van der Waals surface area contributed by atoms with E-state index < -0.39 is 59.6 Å². The van der Waals surface area contributed by atoms with Crippen LogP contribution < -0.4 is 9.47 Å². The number of esters is 3. The normalized spacial score (nSPS) is 27.5. The quantitative estimate of drug-likeness (QED) is 0.317. The van der Waals surface area contributed by atoms with Crippen LogP contribution >= 0.6 is 0 Å². The Morgan fingerprint density at radius 2 is 1.84 bits per heavy atom. The van der Waals surface area contributed by atoms with E-state index in [9.17, 15) is 29.4 Å². The van der Waals surface area contributed by atoms with Crippen LogP contribution in [0.5, 0.6) is 11.5 Å². The van der Waals surface area contributed by atoms with E-state index >= 15 is 0 Å². The van der Waals surface area contributed by atoms with Gasteiger partial charge in [-0.25, -0.2) is 9.59 Å². The lowest BCUT2D eigenvalue weighted by atomic mass is 9.50. The largest absolute Gasteiger partial charge is 0.493 e. The molecule has 232 valence electrons. The minimum Gasteiger partial charge on any atom is -0.493 e. The summed E-state index contributed by atoms with van der Waals surface area (Å²) in [5.74, 6) is -3.31. The number of rotatable bonds is 9. The van der Waals surface area contributed by atoms with Crippen LogP contribution in [0.25, 0.3) is 0 Å². The first-order chi connectivity index (χ1) is 21.0. The van der Waals surface area contributed by atoms with E-state index in [1.165, 1.54) is 7.11 Å². The number of ether oxygens (including phenoxy) is 5. The molecule has 0 aromatic heterocycles. The molecule has 2 aliphatic carbocycles. The molecule has 12 heteroatoms. The summed E-state index contributed by atoms with van der Waals surface area (Å²) in [6.45, 7) is 1.70. The third kappa shape index (κ3) is 4.51. The molecule has 1 saturated heterocycles. The van der Waals surface area contributed by atoms with Crippen LogP contribution in [0.4, 0.5) is 0 Å². The predicted octanol–water partition coefficient (Wildman–Crippen LogP) is 2.21. The molecule has 0 radical (unpaired) electrons. The third-order valence-corrected chi connectivity index (χ3v) is 9.26. The molecule has 44 heavy (non-hydrogen) atoms. The van der Waals surface area contributed by atoms with Gasteiger partial charge in [0.15, 0.2) is 17.6 Å². The zero-order valence-corrected chi connectivity index (χ0v) is 24.5. The standard InChI is InChI=1S/C32H33NO11/c1-17(34)41-22(16-24(35)36)29(37)44-26(18-7-5-4-6-8-18)30(38)42-21-11-12-32(39)23-15-19-9-10-20(40-3)27-25(19)31(32,28(21)43-27)13-14-33(23)2/h4-11,22-23,26,28,39H,12-16H2,1-3H3,(H,35,36)/t22-,23-,26-,28+,31+,32-/m0/s1.